The van der Waals surface area contributed by atoms with Gasteiger partial charge in [-0.3, -0.25) is 4.98 Å². The highest BCUT2D eigenvalue weighted by Crippen LogP contribution is 2.24. The Bertz CT molecular complexity index is 915. The molecule has 0 aliphatic carbocycles. The van der Waals surface area contributed by atoms with Gasteiger partial charge in [-0.15, -0.1) is 6.42 Å². The van der Waals surface area contributed by atoms with Gasteiger partial charge in [0.2, 0.25) is 0 Å². The van der Waals surface area contributed by atoms with E-state index < -0.39 is 0 Å². The van der Waals surface area contributed by atoms with E-state index in [1.165, 1.54) is 0 Å². The number of pyridine rings is 1. The average Bonchev–Trinajstić information content (AvgIpc) is 2.63. The summed E-state index contributed by atoms with van der Waals surface area (Å²) in [5, 5.41) is 3.30. The van der Waals surface area contributed by atoms with E-state index in [0.717, 1.165) is 39.3 Å². The van der Waals surface area contributed by atoms with Crippen LogP contribution in [0.15, 0.2) is 73.4 Å². The fourth-order valence-electron chi connectivity index (χ4n) is 2.57. The number of terminal acetylenes is 1. The molecule has 0 unspecified atom stereocenters. The molecular formula is C22H18N2. The maximum absolute atomic E-state index is 5.54. The Kier molecular flexibility index (Phi) is 4.45. The van der Waals surface area contributed by atoms with Crippen LogP contribution in [-0.4, -0.2) is 4.98 Å². The van der Waals surface area contributed by atoms with E-state index >= 15 is 0 Å². The molecule has 1 aromatic heterocycles. The zero-order chi connectivity index (χ0) is 16.9. The maximum Gasteiger partial charge on any atom is 0.0731 e. The van der Waals surface area contributed by atoms with Crippen molar-refractivity contribution in [3.8, 4) is 23.6 Å². The van der Waals surface area contributed by atoms with Gasteiger partial charge < -0.3 is 5.32 Å². The number of anilines is 1. The van der Waals surface area contributed by atoms with Gasteiger partial charge in [-0.2, -0.15) is 0 Å². The second-order valence-electron chi connectivity index (χ2n) is 5.54. The van der Waals surface area contributed by atoms with Gasteiger partial charge in [0.05, 0.1) is 11.4 Å². The molecule has 2 aromatic carbocycles. The molecule has 1 N–H and O–H groups in total. The minimum absolute atomic E-state index is 0.807. The predicted molar refractivity (Wildman–Crippen MR) is 101 cm³/mol. The van der Waals surface area contributed by atoms with Gasteiger partial charge in [-0.1, -0.05) is 55.0 Å². The van der Waals surface area contributed by atoms with Crippen LogP contribution in [0.1, 0.15) is 16.7 Å². The molecule has 0 saturated heterocycles. The SMILES string of the molecule is C#Cc1ccccc1NC(=C)c1ccc(-c2ncccc2C)cc1. The Morgan fingerprint density at radius 2 is 1.79 bits per heavy atom. The molecule has 0 fully saturated rings. The van der Waals surface area contributed by atoms with Gasteiger partial charge in [0, 0.05) is 23.0 Å². The standard InChI is InChI=1S/C22H18N2/c1-4-18-9-5-6-10-21(18)24-17(3)19-11-13-20(14-12-19)22-16(2)8-7-15-23-22/h1,5-15,24H,3H2,2H3. The number of para-hydroxylation sites is 1. The lowest BCUT2D eigenvalue weighted by molar-refractivity contribution is 1.27. The van der Waals surface area contributed by atoms with E-state index in [2.05, 4.69) is 47.9 Å². The number of rotatable bonds is 4. The summed E-state index contributed by atoms with van der Waals surface area (Å²) < 4.78 is 0. The molecule has 2 nitrogen and oxygen atoms in total. The first-order chi connectivity index (χ1) is 11.7. The van der Waals surface area contributed by atoms with Gasteiger partial charge in [0.15, 0.2) is 0 Å². The summed E-state index contributed by atoms with van der Waals surface area (Å²) in [7, 11) is 0. The number of nitrogens with zero attached hydrogens (tertiary/aromatic N) is 1. The summed E-state index contributed by atoms with van der Waals surface area (Å²) in [5.41, 5.74) is 6.77. The molecule has 3 aromatic rings. The van der Waals surface area contributed by atoms with Crippen LogP contribution in [0.5, 0.6) is 0 Å². The summed E-state index contributed by atoms with van der Waals surface area (Å²) in [6, 6.07) is 19.9. The molecule has 2 heteroatoms. The van der Waals surface area contributed by atoms with Crippen LogP contribution in [0, 0.1) is 19.3 Å². The molecule has 1 heterocycles. The first-order valence-corrected chi connectivity index (χ1v) is 7.73. The molecule has 24 heavy (non-hydrogen) atoms. The topological polar surface area (TPSA) is 24.9 Å². The Hall–Kier alpha value is -3.31. The highest BCUT2D eigenvalue weighted by Gasteiger charge is 2.06. The van der Waals surface area contributed by atoms with E-state index in [4.69, 9.17) is 6.42 Å². The van der Waals surface area contributed by atoms with Crippen LogP contribution in [-0.2, 0) is 0 Å². The minimum atomic E-state index is 0.807. The lowest BCUT2D eigenvalue weighted by Gasteiger charge is -2.12. The number of hydrogen-bond acceptors (Lipinski definition) is 2. The second-order valence-corrected chi connectivity index (χ2v) is 5.54. The molecule has 0 aliphatic rings. The third-order valence-electron chi connectivity index (χ3n) is 3.88. The molecule has 0 atom stereocenters. The number of aromatic nitrogens is 1. The number of aryl methyl sites for hydroxylation is 1. The summed E-state index contributed by atoms with van der Waals surface area (Å²) in [6.07, 6.45) is 7.35. The van der Waals surface area contributed by atoms with E-state index in [0.29, 0.717) is 0 Å². The van der Waals surface area contributed by atoms with Gasteiger partial charge in [-0.05, 0) is 36.2 Å². The first-order valence-electron chi connectivity index (χ1n) is 7.73. The van der Waals surface area contributed by atoms with Crippen molar-refractivity contribution >= 4 is 11.4 Å². The minimum Gasteiger partial charge on any atom is -0.355 e. The molecule has 0 bridgehead atoms. The van der Waals surface area contributed by atoms with Crippen LogP contribution in [0.2, 0.25) is 0 Å². The van der Waals surface area contributed by atoms with Crippen molar-refractivity contribution in [3.05, 3.63) is 90.1 Å². The largest absolute Gasteiger partial charge is 0.355 e. The van der Waals surface area contributed by atoms with Crippen molar-refractivity contribution in [2.24, 2.45) is 0 Å². The van der Waals surface area contributed by atoms with Crippen LogP contribution in [0.3, 0.4) is 0 Å². The van der Waals surface area contributed by atoms with Crippen LogP contribution in [0.25, 0.3) is 17.0 Å². The molecule has 116 valence electrons. The summed E-state index contributed by atoms with van der Waals surface area (Å²) in [4.78, 5) is 4.45. The highest BCUT2D eigenvalue weighted by molar-refractivity contribution is 5.79. The lowest BCUT2D eigenvalue weighted by atomic mass is 10.0. The zero-order valence-corrected chi connectivity index (χ0v) is 13.6. The van der Waals surface area contributed by atoms with Crippen LogP contribution >= 0.6 is 0 Å². The highest BCUT2D eigenvalue weighted by atomic mass is 14.9. The summed E-state index contributed by atoms with van der Waals surface area (Å²) >= 11 is 0. The van der Waals surface area contributed by atoms with E-state index in [-0.39, 0.29) is 0 Å². The van der Waals surface area contributed by atoms with Gasteiger partial charge in [0.25, 0.3) is 0 Å². The Morgan fingerprint density at radius 1 is 1.04 bits per heavy atom. The van der Waals surface area contributed by atoms with E-state index in [9.17, 15) is 0 Å². The van der Waals surface area contributed by atoms with E-state index in [1.54, 1.807) is 0 Å². The van der Waals surface area contributed by atoms with Gasteiger partial charge in [-0.25, -0.2) is 0 Å². The monoisotopic (exact) mass is 310 g/mol. The van der Waals surface area contributed by atoms with Gasteiger partial charge in [0.1, 0.15) is 0 Å². The third kappa shape index (κ3) is 3.21. The molecule has 0 aliphatic heterocycles. The Morgan fingerprint density at radius 3 is 2.50 bits per heavy atom. The van der Waals surface area contributed by atoms with Crippen molar-refractivity contribution in [2.45, 2.75) is 6.92 Å². The Labute approximate surface area is 142 Å². The van der Waals surface area contributed by atoms with Crippen LogP contribution < -0.4 is 5.32 Å². The summed E-state index contributed by atoms with van der Waals surface area (Å²) in [5.74, 6) is 2.68. The van der Waals surface area contributed by atoms with Crippen LogP contribution in [0.4, 0.5) is 5.69 Å². The first kappa shape index (κ1) is 15.6. The normalized spacial score (nSPS) is 10.0. The summed E-state index contributed by atoms with van der Waals surface area (Å²) in [6.45, 7) is 6.18. The number of hydrogen-bond donors (Lipinski definition) is 1. The van der Waals surface area contributed by atoms with Crippen molar-refractivity contribution in [1.29, 1.82) is 0 Å². The fourth-order valence-corrected chi connectivity index (χ4v) is 2.57. The van der Waals surface area contributed by atoms with Crippen molar-refractivity contribution in [2.75, 3.05) is 5.32 Å². The Balaban J connectivity index is 1.82. The maximum atomic E-state index is 5.54. The molecular weight excluding hydrogens is 292 g/mol. The van der Waals surface area contributed by atoms with Crippen molar-refractivity contribution < 1.29 is 0 Å². The quantitative estimate of drug-likeness (QED) is 0.676. The predicted octanol–water partition coefficient (Wildman–Crippen LogP) is 5.12. The molecule has 3 rings (SSSR count). The van der Waals surface area contributed by atoms with Crippen molar-refractivity contribution in [1.82, 2.24) is 4.98 Å². The smallest absolute Gasteiger partial charge is 0.0731 e. The van der Waals surface area contributed by atoms with Gasteiger partial charge >= 0.3 is 0 Å². The lowest BCUT2D eigenvalue weighted by Crippen LogP contribution is -1.99. The van der Waals surface area contributed by atoms with Crippen molar-refractivity contribution in [3.63, 3.8) is 0 Å². The molecule has 0 amide bonds. The number of nitrogens with one attached hydrogen (secondary N) is 1. The van der Waals surface area contributed by atoms with E-state index in [1.807, 2.05) is 48.7 Å². The molecule has 0 spiro atoms. The molecule has 0 saturated carbocycles. The zero-order valence-electron chi connectivity index (χ0n) is 13.6. The average molecular weight is 310 g/mol. The number of benzene rings is 2. The second kappa shape index (κ2) is 6.85. The third-order valence-corrected chi connectivity index (χ3v) is 3.88. The molecule has 0 radical (unpaired) electrons. The fraction of sp³-hybridized carbons (Fsp3) is 0.0455.